The van der Waals surface area contributed by atoms with E-state index in [0.29, 0.717) is 11.3 Å². The lowest BCUT2D eigenvalue weighted by Gasteiger charge is -2.02. The Morgan fingerprint density at radius 2 is 1.96 bits per heavy atom. The number of benzene rings is 1. The first kappa shape index (κ1) is 14.4. The fourth-order valence-electron chi connectivity index (χ4n) is 2.88. The monoisotopic (exact) mass is 319 g/mol. The van der Waals surface area contributed by atoms with Crippen molar-refractivity contribution in [1.82, 2.24) is 24.4 Å². The zero-order valence-electron chi connectivity index (χ0n) is 13.5. The maximum absolute atomic E-state index is 12.5. The first-order chi connectivity index (χ1) is 11.7. The quantitative estimate of drug-likeness (QED) is 0.631. The van der Waals surface area contributed by atoms with Crippen LogP contribution in [0.1, 0.15) is 12.6 Å². The van der Waals surface area contributed by atoms with Crippen LogP contribution in [-0.2, 0) is 6.54 Å². The smallest absolute Gasteiger partial charge is 0.273 e. The number of nitrogens with one attached hydrogen (secondary N) is 1. The van der Waals surface area contributed by atoms with Gasteiger partial charge in [-0.1, -0.05) is 30.3 Å². The van der Waals surface area contributed by atoms with Crippen LogP contribution in [0, 0.1) is 6.92 Å². The molecule has 6 nitrogen and oxygen atoms in total. The summed E-state index contributed by atoms with van der Waals surface area (Å²) in [6.07, 6.45) is 3.74. The van der Waals surface area contributed by atoms with Crippen LogP contribution in [-0.4, -0.2) is 24.4 Å². The first-order valence-corrected chi connectivity index (χ1v) is 7.88. The van der Waals surface area contributed by atoms with Gasteiger partial charge in [-0.25, -0.2) is 9.50 Å². The summed E-state index contributed by atoms with van der Waals surface area (Å²) in [6.45, 7) is 4.74. The lowest BCUT2D eigenvalue weighted by molar-refractivity contribution is 0.653. The SMILES string of the molecule is CCn1cc(-c2cc(=O)n3[nH]cc(-c4ccccc4)c3n2)c(C)n1. The van der Waals surface area contributed by atoms with Crippen molar-refractivity contribution in [3.05, 3.63) is 64.8 Å². The summed E-state index contributed by atoms with van der Waals surface area (Å²) in [5.41, 5.74) is 4.79. The van der Waals surface area contributed by atoms with E-state index in [1.54, 1.807) is 6.07 Å². The number of hydrogen-bond acceptors (Lipinski definition) is 3. The second-order valence-corrected chi connectivity index (χ2v) is 5.68. The van der Waals surface area contributed by atoms with Gasteiger partial charge in [0, 0.05) is 36.1 Å². The Kier molecular flexibility index (Phi) is 3.30. The van der Waals surface area contributed by atoms with Crippen LogP contribution in [0.25, 0.3) is 28.0 Å². The molecule has 0 radical (unpaired) electrons. The molecule has 1 aromatic carbocycles. The highest BCUT2D eigenvalue weighted by Crippen LogP contribution is 2.25. The highest BCUT2D eigenvalue weighted by molar-refractivity contribution is 5.78. The fraction of sp³-hybridized carbons (Fsp3) is 0.167. The molecule has 0 saturated carbocycles. The third-order valence-electron chi connectivity index (χ3n) is 4.13. The first-order valence-electron chi connectivity index (χ1n) is 7.88. The van der Waals surface area contributed by atoms with Crippen LogP contribution in [0.5, 0.6) is 0 Å². The van der Waals surface area contributed by atoms with E-state index < -0.39 is 0 Å². The molecule has 0 amide bonds. The van der Waals surface area contributed by atoms with E-state index in [0.717, 1.165) is 28.9 Å². The zero-order valence-corrected chi connectivity index (χ0v) is 13.5. The molecule has 0 bridgehead atoms. The van der Waals surface area contributed by atoms with Crippen molar-refractivity contribution in [2.45, 2.75) is 20.4 Å². The number of rotatable bonds is 3. The fourth-order valence-corrected chi connectivity index (χ4v) is 2.88. The molecule has 120 valence electrons. The summed E-state index contributed by atoms with van der Waals surface area (Å²) in [4.78, 5) is 17.2. The van der Waals surface area contributed by atoms with Crippen molar-refractivity contribution in [3.8, 4) is 22.4 Å². The molecule has 0 atom stereocenters. The molecule has 0 aliphatic rings. The van der Waals surface area contributed by atoms with Crippen LogP contribution in [0.3, 0.4) is 0 Å². The predicted molar refractivity (Wildman–Crippen MR) is 92.9 cm³/mol. The summed E-state index contributed by atoms with van der Waals surface area (Å²) in [7, 11) is 0. The van der Waals surface area contributed by atoms with Gasteiger partial charge in [0.15, 0.2) is 5.65 Å². The number of aryl methyl sites for hydroxylation is 2. The maximum atomic E-state index is 12.5. The van der Waals surface area contributed by atoms with E-state index in [2.05, 4.69) is 10.2 Å². The molecule has 0 fully saturated rings. The average molecular weight is 319 g/mol. The molecular weight excluding hydrogens is 302 g/mol. The molecule has 6 heteroatoms. The van der Waals surface area contributed by atoms with E-state index in [-0.39, 0.29) is 5.56 Å². The lowest BCUT2D eigenvalue weighted by Crippen LogP contribution is -2.14. The van der Waals surface area contributed by atoms with E-state index in [1.807, 2.05) is 61.3 Å². The van der Waals surface area contributed by atoms with Gasteiger partial charge in [0.1, 0.15) is 0 Å². The number of nitrogens with zero attached hydrogens (tertiary/aromatic N) is 4. The Hall–Kier alpha value is -3.15. The van der Waals surface area contributed by atoms with Gasteiger partial charge in [-0.05, 0) is 19.4 Å². The summed E-state index contributed by atoms with van der Waals surface area (Å²) >= 11 is 0. The second kappa shape index (κ2) is 5.49. The van der Waals surface area contributed by atoms with Crippen molar-refractivity contribution < 1.29 is 0 Å². The Balaban J connectivity index is 1.96. The zero-order chi connectivity index (χ0) is 16.7. The normalized spacial score (nSPS) is 11.2. The third-order valence-corrected chi connectivity index (χ3v) is 4.13. The number of hydrogen-bond donors (Lipinski definition) is 1. The molecule has 1 N–H and O–H groups in total. The van der Waals surface area contributed by atoms with Gasteiger partial charge in [0.2, 0.25) is 0 Å². The molecule has 3 aromatic heterocycles. The minimum atomic E-state index is -0.138. The Morgan fingerprint density at radius 3 is 2.67 bits per heavy atom. The van der Waals surface area contributed by atoms with Gasteiger partial charge in [-0.3, -0.25) is 14.6 Å². The van der Waals surface area contributed by atoms with E-state index >= 15 is 0 Å². The molecule has 4 aromatic rings. The van der Waals surface area contributed by atoms with Gasteiger partial charge in [-0.15, -0.1) is 0 Å². The molecule has 4 rings (SSSR count). The van der Waals surface area contributed by atoms with Crippen molar-refractivity contribution in [3.63, 3.8) is 0 Å². The van der Waals surface area contributed by atoms with Gasteiger partial charge in [0.25, 0.3) is 5.56 Å². The highest BCUT2D eigenvalue weighted by Gasteiger charge is 2.14. The average Bonchev–Trinajstić information content (AvgIpc) is 3.19. The standard InChI is InChI=1S/C18H17N5O/c1-3-22-11-15(12(2)21-22)16-9-17(24)23-18(20-16)14(10-19-23)13-7-5-4-6-8-13/h4-11,19H,3H2,1-2H3. The highest BCUT2D eigenvalue weighted by atomic mass is 16.1. The molecular formula is C18H17N5O. The maximum Gasteiger partial charge on any atom is 0.273 e. The van der Waals surface area contributed by atoms with Gasteiger partial charge in [-0.2, -0.15) is 5.10 Å². The second-order valence-electron chi connectivity index (χ2n) is 5.68. The Morgan fingerprint density at radius 1 is 1.17 bits per heavy atom. The summed E-state index contributed by atoms with van der Waals surface area (Å²) < 4.78 is 3.31. The van der Waals surface area contributed by atoms with Crippen LogP contribution >= 0.6 is 0 Å². The van der Waals surface area contributed by atoms with Crippen molar-refractivity contribution in [2.75, 3.05) is 0 Å². The molecule has 24 heavy (non-hydrogen) atoms. The van der Waals surface area contributed by atoms with Gasteiger partial charge < -0.3 is 0 Å². The van der Waals surface area contributed by atoms with Crippen molar-refractivity contribution in [2.24, 2.45) is 0 Å². The number of H-pyrrole nitrogens is 1. The lowest BCUT2D eigenvalue weighted by atomic mass is 10.1. The minimum absolute atomic E-state index is 0.138. The Labute approximate surface area is 138 Å². The molecule has 0 spiro atoms. The third kappa shape index (κ3) is 2.23. The summed E-state index contributed by atoms with van der Waals surface area (Å²) in [5.74, 6) is 0. The molecule has 0 unspecified atom stereocenters. The van der Waals surface area contributed by atoms with Gasteiger partial charge in [0.05, 0.1) is 11.4 Å². The number of fused-ring (bicyclic) bond motifs is 1. The molecule has 0 saturated heterocycles. The Bertz CT molecular complexity index is 1070. The van der Waals surface area contributed by atoms with Crippen LogP contribution in [0.2, 0.25) is 0 Å². The summed E-state index contributed by atoms with van der Waals surface area (Å²) in [6, 6.07) is 11.4. The van der Waals surface area contributed by atoms with Crippen LogP contribution in [0.4, 0.5) is 0 Å². The molecule has 0 aliphatic heterocycles. The summed E-state index contributed by atoms with van der Waals surface area (Å²) in [5, 5.41) is 7.43. The van der Waals surface area contributed by atoms with E-state index in [1.165, 1.54) is 4.52 Å². The minimum Gasteiger partial charge on any atom is -0.296 e. The molecule has 3 heterocycles. The van der Waals surface area contributed by atoms with Crippen molar-refractivity contribution >= 4 is 5.65 Å². The van der Waals surface area contributed by atoms with Crippen LogP contribution < -0.4 is 5.56 Å². The number of aromatic amines is 1. The van der Waals surface area contributed by atoms with Crippen LogP contribution in [0.15, 0.2) is 53.6 Å². The number of aromatic nitrogens is 5. The molecule has 0 aliphatic carbocycles. The van der Waals surface area contributed by atoms with E-state index in [9.17, 15) is 4.79 Å². The predicted octanol–water partition coefficient (Wildman–Crippen LogP) is 2.88. The van der Waals surface area contributed by atoms with Crippen molar-refractivity contribution in [1.29, 1.82) is 0 Å². The topological polar surface area (TPSA) is 68.0 Å². The van der Waals surface area contributed by atoms with E-state index in [4.69, 9.17) is 4.98 Å². The van der Waals surface area contributed by atoms with Gasteiger partial charge >= 0.3 is 0 Å². The largest absolute Gasteiger partial charge is 0.296 e.